The second-order valence-corrected chi connectivity index (χ2v) is 8.57. The third-order valence-electron chi connectivity index (χ3n) is 5.07. The number of carbonyl (C=O) groups excluding carboxylic acids is 1. The van der Waals surface area contributed by atoms with Gasteiger partial charge in [0.1, 0.15) is 22.8 Å². The SMILES string of the molecule is N#CC1(NC(=O)Cc2nnc(Cc3nc4cc(F)c(-c5ccccc5)cc4s3)o2)CC1. The summed E-state index contributed by atoms with van der Waals surface area (Å²) in [5, 5.41) is 20.3. The first-order valence-corrected chi connectivity index (χ1v) is 10.5. The lowest BCUT2D eigenvalue weighted by atomic mass is 10.1. The summed E-state index contributed by atoms with van der Waals surface area (Å²) in [6, 6.07) is 14.7. The van der Waals surface area contributed by atoms with E-state index in [1.807, 2.05) is 30.3 Å². The Morgan fingerprint density at radius 2 is 2.00 bits per heavy atom. The van der Waals surface area contributed by atoms with Gasteiger partial charge in [0, 0.05) is 11.6 Å². The zero-order chi connectivity index (χ0) is 21.4. The Labute approximate surface area is 180 Å². The molecule has 0 radical (unpaired) electrons. The first kappa shape index (κ1) is 19.3. The molecule has 2 aromatic carbocycles. The molecule has 0 unspecified atom stereocenters. The Bertz CT molecular complexity index is 1320. The van der Waals surface area contributed by atoms with Crippen molar-refractivity contribution in [1.29, 1.82) is 5.26 Å². The van der Waals surface area contributed by atoms with Crippen LogP contribution < -0.4 is 5.32 Å². The fourth-order valence-electron chi connectivity index (χ4n) is 3.31. The van der Waals surface area contributed by atoms with Crippen molar-refractivity contribution in [2.75, 3.05) is 0 Å². The number of benzene rings is 2. The molecule has 4 aromatic rings. The fraction of sp³-hybridized carbons (Fsp3) is 0.227. The molecule has 31 heavy (non-hydrogen) atoms. The summed E-state index contributed by atoms with van der Waals surface area (Å²) in [5.41, 5.74) is 1.18. The summed E-state index contributed by atoms with van der Waals surface area (Å²) in [6.45, 7) is 0. The number of thiazole rings is 1. The predicted octanol–water partition coefficient (Wildman–Crippen LogP) is 3.79. The van der Waals surface area contributed by atoms with Gasteiger partial charge in [-0.2, -0.15) is 5.26 Å². The first-order chi connectivity index (χ1) is 15.0. The molecule has 0 aliphatic heterocycles. The minimum Gasteiger partial charge on any atom is -0.424 e. The van der Waals surface area contributed by atoms with Gasteiger partial charge in [-0.05, 0) is 24.5 Å². The number of carbonyl (C=O) groups is 1. The smallest absolute Gasteiger partial charge is 0.230 e. The number of aromatic nitrogens is 3. The van der Waals surface area contributed by atoms with Crippen LogP contribution in [0.5, 0.6) is 0 Å². The van der Waals surface area contributed by atoms with Gasteiger partial charge in [-0.15, -0.1) is 21.5 Å². The summed E-state index contributed by atoms with van der Waals surface area (Å²) in [6.07, 6.45) is 1.53. The average Bonchev–Trinajstić information content (AvgIpc) is 3.21. The lowest BCUT2D eigenvalue weighted by Crippen LogP contribution is -2.36. The van der Waals surface area contributed by atoms with Crippen LogP contribution in [0.4, 0.5) is 4.39 Å². The molecule has 1 saturated carbocycles. The van der Waals surface area contributed by atoms with Crippen molar-refractivity contribution in [3.8, 4) is 17.2 Å². The van der Waals surface area contributed by atoms with Crippen LogP contribution in [-0.2, 0) is 17.6 Å². The minimum absolute atomic E-state index is 0.0814. The monoisotopic (exact) mass is 433 g/mol. The molecule has 1 N–H and O–H groups in total. The normalized spacial score (nSPS) is 14.3. The van der Waals surface area contributed by atoms with E-state index in [1.165, 1.54) is 17.4 Å². The number of hydrogen-bond acceptors (Lipinski definition) is 7. The summed E-state index contributed by atoms with van der Waals surface area (Å²) < 4.78 is 21.0. The van der Waals surface area contributed by atoms with Gasteiger partial charge in [0.2, 0.25) is 17.7 Å². The van der Waals surface area contributed by atoms with Crippen LogP contribution in [0.15, 0.2) is 46.9 Å². The maximum Gasteiger partial charge on any atom is 0.230 e. The highest BCUT2D eigenvalue weighted by Crippen LogP contribution is 2.34. The third kappa shape index (κ3) is 4.02. The van der Waals surface area contributed by atoms with E-state index < -0.39 is 5.54 Å². The van der Waals surface area contributed by atoms with Crippen LogP contribution in [0.2, 0.25) is 0 Å². The quantitative estimate of drug-likeness (QED) is 0.496. The maximum absolute atomic E-state index is 14.6. The van der Waals surface area contributed by atoms with Gasteiger partial charge in [0.15, 0.2) is 0 Å². The number of halogens is 1. The maximum atomic E-state index is 14.6. The summed E-state index contributed by atoms with van der Waals surface area (Å²) in [7, 11) is 0. The van der Waals surface area contributed by atoms with Gasteiger partial charge in [-0.3, -0.25) is 4.79 Å². The van der Waals surface area contributed by atoms with Crippen LogP contribution in [-0.4, -0.2) is 26.6 Å². The molecular weight excluding hydrogens is 417 g/mol. The Morgan fingerprint density at radius 1 is 1.23 bits per heavy atom. The van der Waals surface area contributed by atoms with E-state index in [4.69, 9.17) is 9.68 Å². The molecule has 0 spiro atoms. The Balaban J connectivity index is 1.31. The number of amides is 1. The number of nitriles is 1. The molecule has 9 heteroatoms. The molecule has 7 nitrogen and oxygen atoms in total. The van der Waals surface area contributed by atoms with Crippen molar-refractivity contribution in [2.45, 2.75) is 31.2 Å². The summed E-state index contributed by atoms with van der Waals surface area (Å²) >= 11 is 1.43. The topological polar surface area (TPSA) is 105 Å². The van der Waals surface area contributed by atoms with E-state index in [9.17, 15) is 9.18 Å². The zero-order valence-corrected chi connectivity index (χ0v) is 17.1. The van der Waals surface area contributed by atoms with Crippen LogP contribution >= 0.6 is 11.3 Å². The van der Waals surface area contributed by atoms with Crippen molar-refractivity contribution < 1.29 is 13.6 Å². The van der Waals surface area contributed by atoms with E-state index >= 15 is 0 Å². The standard InChI is InChI=1S/C22H16FN5O2S/c23-15-9-16-17(8-14(15)13-4-2-1-3-5-13)31-21(25-16)11-20-28-27-19(30-20)10-18(29)26-22(12-24)6-7-22/h1-5,8-9H,6-7,10-11H2,(H,26,29). The van der Waals surface area contributed by atoms with Crippen LogP contribution in [0, 0.1) is 17.1 Å². The molecule has 1 aliphatic carbocycles. The molecule has 0 saturated heterocycles. The number of hydrogen-bond donors (Lipinski definition) is 1. The molecule has 0 atom stereocenters. The number of rotatable bonds is 6. The second-order valence-electron chi connectivity index (χ2n) is 7.46. The number of nitrogens with zero attached hydrogens (tertiary/aromatic N) is 4. The van der Waals surface area contributed by atoms with Crippen LogP contribution in [0.3, 0.4) is 0 Å². The zero-order valence-electron chi connectivity index (χ0n) is 16.3. The van der Waals surface area contributed by atoms with E-state index in [0.717, 1.165) is 10.3 Å². The fourth-order valence-corrected chi connectivity index (χ4v) is 4.29. The summed E-state index contributed by atoms with van der Waals surface area (Å²) in [4.78, 5) is 16.5. The first-order valence-electron chi connectivity index (χ1n) is 9.71. The van der Waals surface area contributed by atoms with Crippen molar-refractivity contribution in [2.24, 2.45) is 0 Å². The Kier molecular flexibility index (Phi) is 4.71. The van der Waals surface area contributed by atoms with Gasteiger partial charge in [-0.1, -0.05) is 30.3 Å². The molecule has 1 aliphatic rings. The second kappa shape index (κ2) is 7.56. The van der Waals surface area contributed by atoms with Gasteiger partial charge < -0.3 is 9.73 Å². The molecule has 5 rings (SSSR count). The molecule has 1 fully saturated rings. The molecule has 154 valence electrons. The summed E-state index contributed by atoms with van der Waals surface area (Å²) in [5.74, 6) is -0.141. The van der Waals surface area contributed by atoms with Gasteiger partial charge in [-0.25, -0.2) is 9.37 Å². The Hall–Kier alpha value is -3.64. The van der Waals surface area contributed by atoms with E-state index in [1.54, 1.807) is 6.07 Å². The molecule has 2 heterocycles. The third-order valence-corrected chi connectivity index (χ3v) is 6.09. The lowest BCUT2D eigenvalue weighted by molar-refractivity contribution is -0.121. The predicted molar refractivity (Wildman–Crippen MR) is 112 cm³/mol. The number of nitrogens with one attached hydrogen (secondary N) is 1. The van der Waals surface area contributed by atoms with Crippen LogP contribution in [0.25, 0.3) is 21.3 Å². The highest BCUT2D eigenvalue weighted by atomic mass is 32.1. The van der Waals surface area contributed by atoms with Crippen molar-refractivity contribution in [3.05, 3.63) is 65.1 Å². The van der Waals surface area contributed by atoms with Crippen molar-refractivity contribution >= 4 is 27.5 Å². The van der Waals surface area contributed by atoms with Gasteiger partial charge >= 0.3 is 0 Å². The van der Waals surface area contributed by atoms with E-state index in [2.05, 4.69) is 26.6 Å². The Morgan fingerprint density at radius 3 is 2.74 bits per heavy atom. The largest absolute Gasteiger partial charge is 0.424 e. The minimum atomic E-state index is -0.727. The van der Waals surface area contributed by atoms with Crippen molar-refractivity contribution in [3.63, 3.8) is 0 Å². The van der Waals surface area contributed by atoms with E-state index in [-0.39, 0.29) is 24.0 Å². The average molecular weight is 433 g/mol. The van der Waals surface area contributed by atoms with Gasteiger partial charge in [0.05, 0.1) is 22.7 Å². The van der Waals surface area contributed by atoms with Crippen molar-refractivity contribution in [1.82, 2.24) is 20.5 Å². The molecule has 0 bridgehead atoms. The number of fused-ring (bicyclic) bond motifs is 1. The lowest BCUT2D eigenvalue weighted by Gasteiger charge is -2.06. The molecule has 1 amide bonds. The van der Waals surface area contributed by atoms with Gasteiger partial charge in [0.25, 0.3) is 0 Å². The highest BCUT2D eigenvalue weighted by Gasteiger charge is 2.44. The highest BCUT2D eigenvalue weighted by molar-refractivity contribution is 7.18. The van der Waals surface area contributed by atoms with Crippen LogP contribution in [0.1, 0.15) is 29.6 Å². The molecular formula is C22H16FN5O2S. The molecule has 2 aromatic heterocycles. The van der Waals surface area contributed by atoms with E-state index in [0.29, 0.717) is 41.2 Å².